The first-order valence-corrected chi connectivity index (χ1v) is 6.73. The Balaban J connectivity index is 2.04. The largest absolute Gasteiger partial charge is 0.494 e. The molecule has 104 valence electrons. The van der Waals surface area contributed by atoms with E-state index in [0.717, 1.165) is 17.0 Å². The molecule has 0 aromatic heterocycles. The van der Waals surface area contributed by atoms with Crippen molar-refractivity contribution in [3.05, 3.63) is 54.1 Å². The lowest BCUT2D eigenvalue weighted by molar-refractivity contribution is 0.340. The number of hydrogen-bond acceptors (Lipinski definition) is 3. The Morgan fingerprint density at radius 1 is 1.00 bits per heavy atom. The highest BCUT2D eigenvalue weighted by atomic mass is 16.5. The molecule has 3 heteroatoms. The number of hydrogen-bond donors (Lipinski definition) is 0. The fraction of sp³-hybridized carbons (Fsp3) is 0.235. The molecule has 0 saturated carbocycles. The highest BCUT2D eigenvalue weighted by Crippen LogP contribution is 2.18. The summed E-state index contributed by atoms with van der Waals surface area (Å²) < 4.78 is 5.41. The average Bonchev–Trinajstić information content (AvgIpc) is 2.47. The molecule has 0 saturated heterocycles. The monoisotopic (exact) mass is 268 g/mol. The SMILES string of the molecule is CCOc1ccc(/C=N/c2ccc(N(C)C)cc2)cc1. The number of aliphatic imine (C=N–C) groups is 1. The van der Waals surface area contributed by atoms with Gasteiger partial charge in [-0.05, 0) is 61.0 Å². The normalized spacial score (nSPS) is 10.8. The van der Waals surface area contributed by atoms with E-state index in [2.05, 4.69) is 22.0 Å². The lowest BCUT2D eigenvalue weighted by Crippen LogP contribution is -2.07. The molecule has 0 unspecified atom stereocenters. The summed E-state index contributed by atoms with van der Waals surface area (Å²) >= 11 is 0. The van der Waals surface area contributed by atoms with Crippen LogP contribution in [0.25, 0.3) is 0 Å². The molecule has 2 aromatic carbocycles. The summed E-state index contributed by atoms with van der Waals surface area (Å²) in [4.78, 5) is 6.54. The molecule has 0 spiro atoms. The van der Waals surface area contributed by atoms with Gasteiger partial charge in [-0.2, -0.15) is 0 Å². The number of anilines is 1. The van der Waals surface area contributed by atoms with Crippen LogP contribution in [0.3, 0.4) is 0 Å². The van der Waals surface area contributed by atoms with Gasteiger partial charge in [0.15, 0.2) is 0 Å². The third-order valence-corrected chi connectivity index (χ3v) is 2.92. The van der Waals surface area contributed by atoms with Crippen LogP contribution >= 0.6 is 0 Å². The topological polar surface area (TPSA) is 24.8 Å². The molecule has 0 aliphatic rings. The molecule has 0 amide bonds. The maximum absolute atomic E-state index is 5.41. The fourth-order valence-electron chi connectivity index (χ4n) is 1.80. The first kappa shape index (κ1) is 14.1. The van der Waals surface area contributed by atoms with Gasteiger partial charge in [0.25, 0.3) is 0 Å². The van der Waals surface area contributed by atoms with Crippen molar-refractivity contribution in [3.63, 3.8) is 0 Å². The third kappa shape index (κ3) is 3.85. The Bertz CT molecular complexity index is 557. The van der Waals surface area contributed by atoms with Crippen molar-refractivity contribution in [3.8, 4) is 5.75 Å². The average molecular weight is 268 g/mol. The molecular weight excluding hydrogens is 248 g/mol. The van der Waals surface area contributed by atoms with Gasteiger partial charge >= 0.3 is 0 Å². The van der Waals surface area contributed by atoms with Gasteiger partial charge in [0.05, 0.1) is 12.3 Å². The van der Waals surface area contributed by atoms with Gasteiger partial charge in [-0.1, -0.05) is 0 Å². The molecule has 3 nitrogen and oxygen atoms in total. The second kappa shape index (κ2) is 6.75. The lowest BCUT2D eigenvalue weighted by atomic mass is 10.2. The van der Waals surface area contributed by atoms with Crippen LogP contribution in [-0.4, -0.2) is 26.9 Å². The van der Waals surface area contributed by atoms with Crippen LogP contribution < -0.4 is 9.64 Å². The summed E-state index contributed by atoms with van der Waals surface area (Å²) in [6, 6.07) is 16.1. The van der Waals surface area contributed by atoms with Crippen molar-refractivity contribution < 1.29 is 4.74 Å². The summed E-state index contributed by atoms with van der Waals surface area (Å²) in [5.41, 5.74) is 3.18. The first-order valence-electron chi connectivity index (χ1n) is 6.73. The van der Waals surface area contributed by atoms with Crippen molar-refractivity contribution in [1.82, 2.24) is 0 Å². The van der Waals surface area contributed by atoms with E-state index in [4.69, 9.17) is 4.74 Å². The van der Waals surface area contributed by atoms with E-state index >= 15 is 0 Å². The number of benzene rings is 2. The zero-order valence-electron chi connectivity index (χ0n) is 12.2. The zero-order valence-corrected chi connectivity index (χ0v) is 12.2. The molecule has 0 fully saturated rings. The summed E-state index contributed by atoms with van der Waals surface area (Å²) in [5.74, 6) is 0.889. The zero-order chi connectivity index (χ0) is 14.4. The van der Waals surface area contributed by atoms with E-state index < -0.39 is 0 Å². The maximum atomic E-state index is 5.41. The molecule has 0 aliphatic heterocycles. The van der Waals surface area contributed by atoms with Gasteiger partial charge in [0.1, 0.15) is 5.75 Å². The fourth-order valence-corrected chi connectivity index (χ4v) is 1.80. The molecule has 20 heavy (non-hydrogen) atoms. The van der Waals surface area contributed by atoms with Gasteiger partial charge in [-0.25, -0.2) is 0 Å². The summed E-state index contributed by atoms with van der Waals surface area (Å²) in [7, 11) is 4.05. The van der Waals surface area contributed by atoms with Crippen molar-refractivity contribution in [2.45, 2.75) is 6.92 Å². The van der Waals surface area contributed by atoms with E-state index in [1.165, 1.54) is 5.69 Å². The van der Waals surface area contributed by atoms with E-state index in [-0.39, 0.29) is 0 Å². The molecule has 0 N–H and O–H groups in total. The highest BCUT2D eigenvalue weighted by Gasteiger charge is 1.95. The minimum atomic E-state index is 0.686. The summed E-state index contributed by atoms with van der Waals surface area (Å²) in [6.07, 6.45) is 1.86. The predicted octanol–water partition coefficient (Wildman–Crippen LogP) is 3.90. The molecule has 2 aromatic rings. The van der Waals surface area contributed by atoms with E-state index in [9.17, 15) is 0 Å². The molecule has 0 radical (unpaired) electrons. The van der Waals surface area contributed by atoms with Crippen LogP contribution in [0.1, 0.15) is 12.5 Å². The van der Waals surface area contributed by atoms with Crippen LogP contribution in [0.5, 0.6) is 5.75 Å². The molecule has 0 bridgehead atoms. The highest BCUT2D eigenvalue weighted by molar-refractivity contribution is 5.82. The number of nitrogens with zero attached hydrogens (tertiary/aromatic N) is 2. The predicted molar refractivity (Wildman–Crippen MR) is 85.6 cm³/mol. The van der Waals surface area contributed by atoms with Gasteiger partial charge in [0, 0.05) is 26.0 Å². The van der Waals surface area contributed by atoms with Crippen LogP contribution in [-0.2, 0) is 0 Å². The van der Waals surface area contributed by atoms with Crippen molar-refractivity contribution in [1.29, 1.82) is 0 Å². The molecular formula is C17H20N2O. The van der Waals surface area contributed by atoms with Gasteiger partial charge in [-0.3, -0.25) is 4.99 Å². The number of ether oxygens (including phenoxy) is 1. The van der Waals surface area contributed by atoms with E-state index in [1.807, 2.05) is 63.6 Å². The van der Waals surface area contributed by atoms with Crippen molar-refractivity contribution >= 4 is 17.6 Å². The van der Waals surface area contributed by atoms with Crippen LogP contribution in [0.2, 0.25) is 0 Å². The third-order valence-electron chi connectivity index (χ3n) is 2.92. The van der Waals surface area contributed by atoms with Gasteiger partial charge in [0.2, 0.25) is 0 Å². The Morgan fingerprint density at radius 2 is 1.65 bits per heavy atom. The Morgan fingerprint density at radius 3 is 2.20 bits per heavy atom. The molecule has 2 rings (SSSR count). The Kier molecular flexibility index (Phi) is 4.77. The second-order valence-electron chi connectivity index (χ2n) is 4.67. The van der Waals surface area contributed by atoms with Gasteiger partial charge in [-0.15, -0.1) is 0 Å². The summed E-state index contributed by atoms with van der Waals surface area (Å²) in [5, 5.41) is 0. The summed E-state index contributed by atoms with van der Waals surface area (Å²) in [6.45, 7) is 2.67. The second-order valence-corrected chi connectivity index (χ2v) is 4.67. The van der Waals surface area contributed by atoms with Crippen molar-refractivity contribution in [2.75, 3.05) is 25.6 Å². The maximum Gasteiger partial charge on any atom is 0.119 e. The number of rotatable bonds is 5. The quantitative estimate of drug-likeness (QED) is 0.768. The minimum absolute atomic E-state index is 0.686. The van der Waals surface area contributed by atoms with Crippen LogP contribution in [0.4, 0.5) is 11.4 Å². The first-order chi connectivity index (χ1) is 9.69. The van der Waals surface area contributed by atoms with Crippen LogP contribution in [0.15, 0.2) is 53.5 Å². The molecule has 0 heterocycles. The smallest absolute Gasteiger partial charge is 0.119 e. The lowest BCUT2D eigenvalue weighted by Gasteiger charge is -2.11. The molecule has 0 aliphatic carbocycles. The van der Waals surface area contributed by atoms with E-state index in [1.54, 1.807) is 0 Å². The van der Waals surface area contributed by atoms with Gasteiger partial charge < -0.3 is 9.64 Å². The minimum Gasteiger partial charge on any atom is -0.494 e. The Hall–Kier alpha value is -2.29. The Labute approximate surface area is 120 Å². The standard InChI is InChI=1S/C17H20N2O/c1-4-20-17-11-5-14(6-12-17)13-18-15-7-9-16(10-8-15)19(2)3/h5-13H,4H2,1-3H3/b18-13+. The molecule has 0 atom stereocenters. The van der Waals surface area contributed by atoms with Crippen molar-refractivity contribution in [2.24, 2.45) is 4.99 Å². The van der Waals surface area contributed by atoms with Crippen LogP contribution in [0, 0.1) is 0 Å². The van der Waals surface area contributed by atoms with E-state index in [0.29, 0.717) is 6.61 Å².